The third kappa shape index (κ3) is 7.80. The molecule has 2 aromatic carbocycles. The van der Waals surface area contributed by atoms with Gasteiger partial charge in [-0.05, 0) is 53.5 Å². The van der Waals surface area contributed by atoms with Crippen LogP contribution in [0.2, 0.25) is 31.0 Å². The van der Waals surface area contributed by atoms with Gasteiger partial charge in [-0.1, -0.05) is 31.8 Å². The lowest BCUT2D eigenvalue weighted by atomic mass is 10.1. The van der Waals surface area contributed by atoms with Crippen LogP contribution in [0.5, 0.6) is 5.88 Å². The van der Waals surface area contributed by atoms with E-state index in [-0.39, 0.29) is 30.2 Å². The number of ether oxygens (including phenoxy) is 3. The Hall–Kier alpha value is -3.10. The summed E-state index contributed by atoms with van der Waals surface area (Å²) in [5, 5.41) is 0.599. The number of hydrogen-bond acceptors (Lipinski definition) is 7. The van der Waals surface area contributed by atoms with Gasteiger partial charge >= 0.3 is 0 Å². The molecule has 14 heteroatoms. The maximum atomic E-state index is 14.1. The van der Waals surface area contributed by atoms with Crippen LogP contribution in [-0.4, -0.2) is 58.0 Å². The van der Waals surface area contributed by atoms with Crippen molar-refractivity contribution in [1.82, 2.24) is 14.5 Å². The summed E-state index contributed by atoms with van der Waals surface area (Å²) in [6, 6.07) is 9.62. The first-order chi connectivity index (χ1) is 19.4. The van der Waals surface area contributed by atoms with E-state index in [1.165, 1.54) is 12.1 Å². The Kier molecular flexibility index (Phi) is 9.65. The van der Waals surface area contributed by atoms with Crippen LogP contribution in [0.4, 0.5) is 14.5 Å². The van der Waals surface area contributed by atoms with Gasteiger partial charge in [-0.2, -0.15) is 9.97 Å². The van der Waals surface area contributed by atoms with E-state index in [1.807, 2.05) is 10.8 Å². The molecule has 0 bridgehead atoms. The number of rotatable bonds is 13. The van der Waals surface area contributed by atoms with Gasteiger partial charge in [-0.3, -0.25) is 4.72 Å². The van der Waals surface area contributed by atoms with Crippen molar-refractivity contribution in [1.29, 1.82) is 0 Å². The number of halogens is 3. The second-order valence-electron chi connectivity index (χ2n) is 10.5. The van der Waals surface area contributed by atoms with Crippen molar-refractivity contribution in [2.24, 2.45) is 0 Å². The van der Waals surface area contributed by atoms with Crippen LogP contribution in [0.3, 0.4) is 0 Å². The molecule has 41 heavy (non-hydrogen) atoms. The van der Waals surface area contributed by atoms with E-state index in [0.29, 0.717) is 41.4 Å². The second-order valence-corrected chi connectivity index (χ2v) is 18.1. The van der Waals surface area contributed by atoms with Gasteiger partial charge in [-0.15, -0.1) is 0 Å². The average molecular weight is 625 g/mol. The highest BCUT2D eigenvalue weighted by Gasteiger charge is 2.22. The van der Waals surface area contributed by atoms with Crippen LogP contribution in [0.25, 0.3) is 22.2 Å². The molecule has 220 valence electrons. The van der Waals surface area contributed by atoms with Gasteiger partial charge in [0.15, 0.2) is 5.65 Å². The van der Waals surface area contributed by atoms with Crippen LogP contribution in [0.15, 0.2) is 53.6 Å². The van der Waals surface area contributed by atoms with Crippen molar-refractivity contribution < 1.29 is 31.4 Å². The summed E-state index contributed by atoms with van der Waals surface area (Å²) < 4.78 is 74.2. The Morgan fingerprint density at radius 3 is 2.44 bits per heavy atom. The smallest absolute Gasteiger partial charge is 0.264 e. The Morgan fingerprint density at radius 2 is 1.76 bits per heavy atom. The number of methoxy groups -OCH3 is 1. The van der Waals surface area contributed by atoms with Crippen molar-refractivity contribution in [3.05, 3.63) is 65.6 Å². The number of nitrogens with zero attached hydrogens (tertiary/aromatic N) is 3. The van der Waals surface area contributed by atoms with Gasteiger partial charge < -0.3 is 18.8 Å². The molecule has 0 aliphatic carbocycles. The molecular weight excluding hydrogens is 594 g/mol. The summed E-state index contributed by atoms with van der Waals surface area (Å²) in [6.45, 7) is 8.20. The Labute approximate surface area is 243 Å². The zero-order valence-corrected chi connectivity index (χ0v) is 25.7. The molecule has 0 unspecified atom stereocenters. The Balaban J connectivity index is 1.68. The monoisotopic (exact) mass is 624 g/mol. The summed E-state index contributed by atoms with van der Waals surface area (Å²) in [7, 11) is -4.10. The fourth-order valence-corrected chi connectivity index (χ4v) is 5.99. The molecule has 0 spiro atoms. The summed E-state index contributed by atoms with van der Waals surface area (Å²) >= 11 is 6.24. The minimum absolute atomic E-state index is 0.00671. The summed E-state index contributed by atoms with van der Waals surface area (Å²) in [4.78, 5) is 7.93. The molecule has 9 nitrogen and oxygen atoms in total. The number of aromatic nitrogens is 3. The Morgan fingerprint density at radius 1 is 1.02 bits per heavy atom. The molecule has 0 aliphatic heterocycles. The molecule has 0 radical (unpaired) electrons. The van der Waals surface area contributed by atoms with Crippen LogP contribution in [-0.2, 0) is 26.2 Å². The lowest BCUT2D eigenvalue weighted by molar-refractivity contribution is 0.0899. The van der Waals surface area contributed by atoms with Crippen LogP contribution < -0.4 is 9.46 Å². The first-order valence-corrected chi connectivity index (χ1v) is 18.3. The Bertz CT molecular complexity index is 1630. The molecule has 4 aromatic rings. The fourth-order valence-electron chi connectivity index (χ4n) is 3.92. The highest BCUT2D eigenvalue weighted by Crippen LogP contribution is 2.37. The topological polar surface area (TPSA) is 105 Å². The SMILES string of the molecule is COCCOc1nc(Cl)nc2c1c(-c1ccc(NS(=O)(=O)c3cc(F)ccc3F)cc1)cn2COCC[Si](C)(C)C. The average Bonchev–Trinajstić information content (AvgIpc) is 3.26. The minimum Gasteiger partial charge on any atom is -0.475 e. The third-order valence-corrected chi connectivity index (χ3v) is 9.31. The first-order valence-electron chi connectivity index (χ1n) is 12.7. The lowest BCUT2D eigenvalue weighted by Gasteiger charge is -2.15. The largest absolute Gasteiger partial charge is 0.475 e. The summed E-state index contributed by atoms with van der Waals surface area (Å²) in [5.41, 5.74) is 2.06. The highest BCUT2D eigenvalue weighted by molar-refractivity contribution is 7.92. The van der Waals surface area contributed by atoms with Crippen molar-refractivity contribution in [2.75, 3.05) is 31.7 Å². The van der Waals surface area contributed by atoms with Crippen molar-refractivity contribution >= 4 is 46.4 Å². The number of benzene rings is 2. The predicted octanol–water partition coefficient (Wildman–Crippen LogP) is 6.17. The normalized spacial score (nSPS) is 12.2. The van der Waals surface area contributed by atoms with E-state index in [9.17, 15) is 17.2 Å². The van der Waals surface area contributed by atoms with E-state index in [2.05, 4.69) is 34.3 Å². The highest BCUT2D eigenvalue weighted by atomic mass is 35.5. The van der Waals surface area contributed by atoms with Gasteiger partial charge in [0, 0.05) is 39.2 Å². The molecule has 2 aromatic heterocycles. The van der Waals surface area contributed by atoms with Crippen LogP contribution in [0, 0.1) is 11.6 Å². The summed E-state index contributed by atoms with van der Waals surface area (Å²) in [6.07, 6.45) is 1.84. The number of sulfonamides is 1. The maximum Gasteiger partial charge on any atom is 0.264 e. The van der Waals surface area contributed by atoms with Crippen molar-refractivity contribution in [2.45, 2.75) is 37.3 Å². The maximum absolute atomic E-state index is 14.1. The van der Waals surface area contributed by atoms with Gasteiger partial charge in [-0.25, -0.2) is 17.2 Å². The minimum atomic E-state index is -4.37. The molecule has 2 heterocycles. The van der Waals surface area contributed by atoms with Gasteiger partial charge in [0.2, 0.25) is 11.2 Å². The molecule has 0 saturated carbocycles. The van der Waals surface area contributed by atoms with E-state index >= 15 is 0 Å². The first kappa shape index (κ1) is 30.8. The lowest BCUT2D eigenvalue weighted by Crippen LogP contribution is -2.22. The molecule has 4 rings (SSSR count). The van der Waals surface area contributed by atoms with Gasteiger partial charge in [0.1, 0.15) is 29.9 Å². The zero-order chi connectivity index (χ0) is 29.8. The quantitative estimate of drug-likeness (QED) is 0.108. The van der Waals surface area contributed by atoms with Crippen LogP contribution in [0.1, 0.15) is 0 Å². The molecule has 0 amide bonds. The molecule has 0 aliphatic rings. The zero-order valence-electron chi connectivity index (χ0n) is 23.1. The molecule has 0 fully saturated rings. The third-order valence-electron chi connectivity index (χ3n) is 6.04. The number of fused-ring (bicyclic) bond motifs is 1. The molecule has 0 atom stereocenters. The fraction of sp³-hybridized carbons (Fsp3) is 0.333. The number of nitrogens with one attached hydrogen (secondary N) is 1. The molecule has 0 saturated heterocycles. The van der Waals surface area contributed by atoms with Crippen LogP contribution >= 0.6 is 11.6 Å². The van der Waals surface area contributed by atoms with E-state index in [4.69, 9.17) is 25.8 Å². The number of hydrogen-bond donors (Lipinski definition) is 1. The van der Waals surface area contributed by atoms with Gasteiger partial charge in [0.05, 0.1) is 12.0 Å². The van der Waals surface area contributed by atoms with E-state index < -0.39 is 34.6 Å². The van der Waals surface area contributed by atoms with Gasteiger partial charge in [0.25, 0.3) is 10.0 Å². The molecular formula is C27H31ClF2N4O5SSi. The molecule has 1 N–H and O–H groups in total. The summed E-state index contributed by atoms with van der Waals surface area (Å²) in [5.74, 6) is -1.66. The second kappa shape index (κ2) is 12.8. The predicted molar refractivity (Wildman–Crippen MR) is 157 cm³/mol. The van der Waals surface area contributed by atoms with Crippen molar-refractivity contribution in [3.8, 4) is 17.0 Å². The van der Waals surface area contributed by atoms with E-state index in [0.717, 1.165) is 18.2 Å². The standard InChI is InChI=1S/C27H31ClF2N4O5SSi/c1-37-11-12-39-26-24-21(16-34(25(24)31-27(28)32-26)17-38-13-14-41(2,3)4)18-5-8-20(9-6-18)33-40(35,36)23-15-19(29)7-10-22(23)30/h5-10,15-16,33H,11-14,17H2,1-4H3. The van der Waals surface area contributed by atoms with Crippen molar-refractivity contribution in [3.63, 3.8) is 0 Å². The number of anilines is 1. The van der Waals surface area contributed by atoms with E-state index in [1.54, 1.807) is 19.2 Å².